The molecule has 0 amide bonds. The van der Waals surface area contributed by atoms with Gasteiger partial charge in [0, 0.05) is 30.7 Å². The van der Waals surface area contributed by atoms with Gasteiger partial charge in [-0.3, -0.25) is 4.98 Å². The van der Waals surface area contributed by atoms with E-state index in [-0.39, 0.29) is 5.75 Å². The second-order valence-corrected chi connectivity index (χ2v) is 9.50. The third kappa shape index (κ3) is 3.62. The quantitative estimate of drug-likeness (QED) is 0.617. The first-order chi connectivity index (χ1) is 14.6. The van der Waals surface area contributed by atoms with Crippen molar-refractivity contribution in [2.45, 2.75) is 44.1 Å². The Morgan fingerprint density at radius 1 is 1.19 bits per heavy atom. The van der Waals surface area contributed by atoms with Crippen LogP contribution in [0.25, 0.3) is 21.5 Å². The molecule has 31 heavy (non-hydrogen) atoms. The number of rotatable bonds is 5. The van der Waals surface area contributed by atoms with Gasteiger partial charge in [0.05, 0.1) is 22.1 Å². The lowest BCUT2D eigenvalue weighted by Crippen LogP contribution is -2.67. The van der Waals surface area contributed by atoms with E-state index in [0.29, 0.717) is 38.7 Å². The van der Waals surface area contributed by atoms with E-state index in [1.807, 2.05) is 0 Å². The molecule has 0 aliphatic carbocycles. The highest BCUT2D eigenvalue weighted by Crippen LogP contribution is 2.44. The van der Waals surface area contributed by atoms with Crippen LogP contribution in [0, 0.1) is 5.82 Å². The highest BCUT2D eigenvalue weighted by molar-refractivity contribution is 7.22. The minimum absolute atomic E-state index is 0.0722. The topological polar surface area (TPSA) is 70.5 Å². The van der Waals surface area contributed by atoms with Crippen LogP contribution in [0.4, 0.5) is 18.3 Å². The van der Waals surface area contributed by atoms with Crippen molar-refractivity contribution in [1.29, 1.82) is 0 Å². The fourth-order valence-corrected chi connectivity index (χ4v) is 4.92. The summed E-state index contributed by atoms with van der Waals surface area (Å²) >= 11 is 1.26. The molecular formula is C21H21F3N4O2S. The summed E-state index contributed by atoms with van der Waals surface area (Å²) in [4.78, 5) is 11.0. The number of nitrogens with one attached hydrogen (secondary N) is 1. The number of aliphatic hydroxyl groups is 1. The van der Waals surface area contributed by atoms with Gasteiger partial charge in [-0.15, -0.1) is 0 Å². The summed E-state index contributed by atoms with van der Waals surface area (Å²) in [5, 5.41) is 14.0. The Balaban J connectivity index is 1.61. The molecule has 5 heterocycles. The molecule has 3 aliphatic rings. The highest BCUT2D eigenvalue weighted by Gasteiger charge is 2.49. The van der Waals surface area contributed by atoms with E-state index < -0.39 is 17.5 Å². The minimum atomic E-state index is -3.81. The van der Waals surface area contributed by atoms with Crippen LogP contribution in [0.15, 0.2) is 30.5 Å². The first kappa shape index (κ1) is 20.5. The van der Waals surface area contributed by atoms with Gasteiger partial charge < -0.3 is 20.1 Å². The molecule has 3 aliphatic heterocycles. The maximum Gasteiger partial charge on any atom is 0.426 e. The molecule has 6 rings (SSSR count). The summed E-state index contributed by atoms with van der Waals surface area (Å²) in [6.45, 7) is 3.56. The van der Waals surface area contributed by atoms with Crippen LogP contribution in [0.3, 0.4) is 0 Å². The Morgan fingerprint density at radius 2 is 1.90 bits per heavy atom. The van der Waals surface area contributed by atoms with Crippen molar-refractivity contribution in [3.63, 3.8) is 0 Å². The largest absolute Gasteiger partial charge is 0.429 e. The van der Waals surface area contributed by atoms with Crippen molar-refractivity contribution in [2.24, 2.45) is 0 Å². The summed E-state index contributed by atoms with van der Waals surface area (Å²) in [6, 6.07) is 6.61. The zero-order valence-electron chi connectivity index (χ0n) is 16.9. The molecule has 1 aromatic carbocycles. The van der Waals surface area contributed by atoms with Crippen LogP contribution in [-0.4, -0.2) is 52.0 Å². The van der Waals surface area contributed by atoms with E-state index in [9.17, 15) is 18.3 Å². The molecule has 10 heteroatoms. The lowest BCUT2D eigenvalue weighted by molar-refractivity contribution is -0.275. The monoisotopic (exact) mass is 450 g/mol. The lowest BCUT2D eigenvalue weighted by Gasteiger charge is -2.48. The molecule has 2 N–H and O–H groups in total. The minimum Gasteiger partial charge on any atom is -0.429 e. The van der Waals surface area contributed by atoms with E-state index in [4.69, 9.17) is 9.72 Å². The van der Waals surface area contributed by atoms with Gasteiger partial charge in [0.2, 0.25) is 0 Å². The van der Waals surface area contributed by atoms with E-state index >= 15 is 0 Å². The van der Waals surface area contributed by atoms with E-state index in [2.05, 4.69) is 15.2 Å². The van der Waals surface area contributed by atoms with Crippen molar-refractivity contribution in [2.75, 3.05) is 18.0 Å². The normalized spacial score (nSPS) is 21.3. The molecule has 2 atom stereocenters. The number of aromatic nitrogens is 2. The number of ether oxygens (including phenoxy) is 1. The fraction of sp³-hybridized carbons (Fsp3) is 0.429. The molecule has 0 radical (unpaired) electrons. The van der Waals surface area contributed by atoms with Crippen LogP contribution in [0.2, 0.25) is 0 Å². The third-order valence-corrected chi connectivity index (χ3v) is 6.77. The van der Waals surface area contributed by atoms with Crippen molar-refractivity contribution in [3.8, 4) is 17.0 Å². The lowest BCUT2D eigenvalue weighted by atomic mass is 9.92. The van der Waals surface area contributed by atoms with Crippen LogP contribution < -0.4 is 15.0 Å². The number of benzene rings is 1. The van der Waals surface area contributed by atoms with Gasteiger partial charge in [-0.1, -0.05) is 11.3 Å². The number of nitrogens with zero attached hydrogens (tertiary/aromatic N) is 3. The summed E-state index contributed by atoms with van der Waals surface area (Å²) in [5.74, 6) is -0.541. The van der Waals surface area contributed by atoms with Crippen molar-refractivity contribution in [1.82, 2.24) is 15.3 Å². The molecule has 3 fully saturated rings. The van der Waals surface area contributed by atoms with Crippen LogP contribution in [0.5, 0.6) is 5.75 Å². The molecule has 6 nitrogen and oxygen atoms in total. The average Bonchev–Trinajstić information content (AvgIpc) is 3.14. The number of hydrogen-bond donors (Lipinski definition) is 2. The first-order valence-corrected chi connectivity index (χ1v) is 10.8. The number of halogens is 3. The van der Waals surface area contributed by atoms with Crippen LogP contribution >= 0.6 is 11.3 Å². The second-order valence-electron chi connectivity index (χ2n) is 8.53. The summed E-state index contributed by atoms with van der Waals surface area (Å²) in [7, 11) is 0. The number of alkyl halides is 2. The molecule has 2 unspecified atom stereocenters. The predicted octanol–water partition coefficient (Wildman–Crippen LogP) is 3.79. The van der Waals surface area contributed by atoms with E-state index in [1.54, 1.807) is 6.07 Å². The molecule has 0 spiro atoms. The number of hydrogen-bond acceptors (Lipinski definition) is 7. The Morgan fingerprint density at radius 3 is 2.52 bits per heavy atom. The second kappa shape index (κ2) is 7.04. The smallest absolute Gasteiger partial charge is 0.426 e. The number of piperazine rings is 1. The molecular weight excluding hydrogens is 429 g/mol. The van der Waals surface area contributed by atoms with Crippen molar-refractivity contribution < 1.29 is 23.0 Å². The number of fused-ring (bicyclic) bond motifs is 3. The standard InChI is InChI=1S/C21H21F3N4O2S/c1-20(2,29)21(23,24)30-16-6-4-14(15-5-3-11(22)8-25-15)17-18(16)31-19(27-17)28-9-12-7-13(10-28)26-12/h3-6,8,12-13,26,29H,7,9-10H2,1-2H3. The summed E-state index contributed by atoms with van der Waals surface area (Å²) < 4.78 is 47.7. The molecule has 2 bridgehead atoms. The maximum atomic E-state index is 14.5. The number of pyridine rings is 1. The number of anilines is 1. The van der Waals surface area contributed by atoms with Crippen LogP contribution in [-0.2, 0) is 0 Å². The molecule has 3 saturated heterocycles. The Labute approximate surface area is 180 Å². The van der Waals surface area contributed by atoms with Gasteiger partial charge in [0.1, 0.15) is 11.6 Å². The van der Waals surface area contributed by atoms with Gasteiger partial charge in [-0.25, -0.2) is 9.37 Å². The van der Waals surface area contributed by atoms with E-state index in [0.717, 1.165) is 39.6 Å². The Kier molecular flexibility index (Phi) is 4.65. The average molecular weight is 450 g/mol. The van der Waals surface area contributed by atoms with E-state index in [1.165, 1.54) is 29.5 Å². The van der Waals surface area contributed by atoms with Crippen molar-refractivity contribution in [3.05, 3.63) is 36.3 Å². The summed E-state index contributed by atoms with van der Waals surface area (Å²) in [5.41, 5.74) is -0.844. The van der Waals surface area contributed by atoms with Gasteiger partial charge in [-0.2, -0.15) is 8.78 Å². The molecule has 164 valence electrons. The van der Waals surface area contributed by atoms with Gasteiger partial charge in [-0.05, 0) is 44.5 Å². The number of piperidine rings is 1. The molecule has 0 saturated carbocycles. The zero-order valence-corrected chi connectivity index (χ0v) is 17.7. The zero-order chi connectivity index (χ0) is 22.0. The number of thiazole rings is 1. The molecule has 2 aromatic heterocycles. The third-order valence-electron chi connectivity index (χ3n) is 5.64. The van der Waals surface area contributed by atoms with Gasteiger partial charge >= 0.3 is 6.11 Å². The van der Waals surface area contributed by atoms with Gasteiger partial charge in [0.15, 0.2) is 10.7 Å². The summed E-state index contributed by atoms with van der Waals surface area (Å²) in [6.07, 6.45) is -1.58. The van der Waals surface area contributed by atoms with Crippen molar-refractivity contribution >= 4 is 26.7 Å². The van der Waals surface area contributed by atoms with Gasteiger partial charge in [0.25, 0.3) is 0 Å². The first-order valence-electron chi connectivity index (χ1n) is 9.96. The fourth-order valence-electron chi connectivity index (χ4n) is 3.86. The predicted molar refractivity (Wildman–Crippen MR) is 112 cm³/mol. The Bertz CT molecular complexity index is 1110. The maximum absolute atomic E-state index is 14.5. The highest BCUT2D eigenvalue weighted by atomic mass is 32.1. The molecule has 3 aromatic rings. The van der Waals surface area contributed by atoms with Crippen LogP contribution in [0.1, 0.15) is 20.3 Å². The SMILES string of the molecule is CC(C)(O)C(F)(F)Oc1ccc(-c2ccc(F)cn2)c2nc(N3CC4CC(C3)N4)sc12. The Hall–Kier alpha value is -2.43.